The van der Waals surface area contributed by atoms with Crippen LogP contribution in [0.1, 0.15) is 57.6 Å². The maximum Gasteiger partial charge on any atom is 0.00856 e. The minimum absolute atomic E-state index is 0.403. The first-order valence-electron chi connectivity index (χ1n) is 8.34. The fraction of sp³-hybridized carbons (Fsp3) is 0.684. The molecule has 1 fully saturated rings. The monoisotopic (exact) mass is 273 g/mol. The number of benzene rings is 1. The molecule has 1 nitrogen and oxygen atoms in total. The fourth-order valence-corrected chi connectivity index (χ4v) is 3.89. The standard InChI is InChI=1S/C19H31N/c1-5-8-17-11-19(12-17,14-20-13-15(2)3)18-10-7-6-9-16(18)4/h6-7,9-10,15,17,20H,5,8,11-14H2,1-4H3. The predicted molar refractivity (Wildman–Crippen MR) is 88.2 cm³/mol. The van der Waals surface area contributed by atoms with Gasteiger partial charge in [0.15, 0.2) is 0 Å². The van der Waals surface area contributed by atoms with Gasteiger partial charge in [-0.1, -0.05) is 57.9 Å². The third-order valence-corrected chi connectivity index (χ3v) is 4.79. The summed E-state index contributed by atoms with van der Waals surface area (Å²) in [7, 11) is 0. The quantitative estimate of drug-likeness (QED) is 0.760. The average molecular weight is 273 g/mol. The van der Waals surface area contributed by atoms with Crippen LogP contribution in [-0.2, 0) is 5.41 Å². The first-order valence-corrected chi connectivity index (χ1v) is 8.34. The summed E-state index contributed by atoms with van der Waals surface area (Å²) in [5, 5.41) is 3.72. The molecule has 0 saturated heterocycles. The summed E-state index contributed by atoms with van der Waals surface area (Å²) in [6.45, 7) is 11.4. The van der Waals surface area contributed by atoms with E-state index >= 15 is 0 Å². The van der Waals surface area contributed by atoms with Crippen molar-refractivity contribution in [3.05, 3.63) is 35.4 Å². The van der Waals surface area contributed by atoms with Crippen molar-refractivity contribution in [3.8, 4) is 0 Å². The van der Waals surface area contributed by atoms with Crippen LogP contribution < -0.4 is 5.32 Å². The highest BCUT2D eigenvalue weighted by Crippen LogP contribution is 2.50. The SMILES string of the molecule is CCCC1CC(CNCC(C)C)(c2ccccc2C)C1. The molecule has 1 saturated carbocycles. The van der Waals surface area contributed by atoms with Gasteiger partial charge in [-0.3, -0.25) is 0 Å². The maximum atomic E-state index is 3.72. The lowest BCUT2D eigenvalue weighted by molar-refractivity contribution is 0.127. The Morgan fingerprint density at radius 3 is 2.55 bits per heavy atom. The van der Waals surface area contributed by atoms with Crippen molar-refractivity contribution >= 4 is 0 Å². The molecule has 20 heavy (non-hydrogen) atoms. The molecular formula is C19H31N. The van der Waals surface area contributed by atoms with Crippen LogP contribution in [-0.4, -0.2) is 13.1 Å². The molecule has 0 bridgehead atoms. The van der Waals surface area contributed by atoms with Crippen LogP contribution >= 0.6 is 0 Å². The van der Waals surface area contributed by atoms with Crippen molar-refractivity contribution in [2.45, 2.75) is 58.8 Å². The molecular weight excluding hydrogens is 242 g/mol. The topological polar surface area (TPSA) is 12.0 Å². The van der Waals surface area contributed by atoms with E-state index in [-0.39, 0.29) is 0 Å². The van der Waals surface area contributed by atoms with E-state index in [4.69, 9.17) is 0 Å². The Kier molecular flexibility index (Phi) is 5.26. The molecule has 0 atom stereocenters. The summed E-state index contributed by atoms with van der Waals surface area (Å²) in [5.74, 6) is 1.68. The zero-order valence-corrected chi connectivity index (χ0v) is 13.7. The lowest BCUT2D eigenvalue weighted by Crippen LogP contribution is -2.49. The molecule has 1 N–H and O–H groups in total. The van der Waals surface area contributed by atoms with Crippen molar-refractivity contribution in [2.24, 2.45) is 11.8 Å². The Balaban J connectivity index is 2.08. The van der Waals surface area contributed by atoms with Gasteiger partial charge in [0.25, 0.3) is 0 Å². The lowest BCUT2D eigenvalue weighted by atomic mass is 9.57. The number of aryl methyl sites for hydroxylation is 1. The molecule has 0 amide bonds. The number of nitrogens with one attached hydrogen (secondary N) is 1. The number of hydrogen-bond donors (Lipinski definition) is 1. The molecule has 1 aliphatic carbocycles. The first-order chi connectivity index (χ1) is 9.57. The van der Waals surface area contributed by atoms with Gasteiger partial charge in [0.2, 0.25) is 0 Å². The molecule has 0 aromatic heterocycles. The molecule has 0 heterocycles. The van der Waals surface area contributed by atoms with Crippen LogP contribution in [0.3, 0.4) is 0 Å². The number of hydrogen-bond acceptors (Lipinski definition) is 1. The zero-order valence-electron chi connectivity index (χ0n) is 13.7. The van der Waals surface area contributed by atoms with Gasteiger partial charge in [0, 0.05) is 12.0 Å². The van der Waals surface area contributed by atoms with Gasteiger partial charge >= 0.3 is 0 Å². The molecule has 0 aliphatic heterocycles. The molecule has 0 unspecified atom stereocenters. The Labute approximate surface area is 125 Å². The smallest absolute Gasteiger partial charge is 0.00856 e. The Morgan fingerprint density at radius 1 is 1.25 bits per heavy atom. The van der Waals surface area contributed by atoms with Crippen molar-refractivity contribution in [1.82, 2.24) is 5.32 Å². The van der Waals surface area contributed by atoms with Crippen molar-refractivity contribution < 1.29 is 0 Å². The normalized spacial score (nSPS) is 25.8. The second kappa shape index (κ2) is 6.76. The summed E-state index contributed by atoms with van der Waals surface area (Å²) in [4.78, 5) is 0. The summed E-state index contributed by atoms with van der Waals surface area (Å²) in [6, 6.07) is 9.00. The van der Waals surface area contributed by atoms with E-state index in [9.17, 15) is 0 Å². The molecule has 0 spiro atoms. The van der Waals surface area contributed by atoms with Crippen LogP contribution in [0.4, 0.5) is 0 Å². The largest absolute Gasteiger partial charge is 0.316 e. The highest BCUT2D eigenvalue weighted by Gasteiger charge is 2.45. The lowest BCUT2D eigenvalue weighted by Gasteiger charge is -2.49. The van der Waals surface area contributed by atoms with E-state index in [0.717, 1.165) is 24.9 Å². The van der Waals surface area contributed by atoms with Gasteiger partial charge in [0.1, 0.15) is 0 Å². The average Bonchev–Trinajstić information content (AvgIpc) is 2.36. The van der Waals surface area contributed by atoms with E-state index in [2.05, 4.69) is 57.3 Å². The Hall–Kier alpha value is -0.820. The van der Waals surface area contributed by atoms with Crippen LogP contribution in [0.5, 0.6) is 0 Å². The minimum Gasteiger partial charge on any atom is -0.316 e. The highest BCUT2D eigenvalue weighted by molar-refractivity contribution is 5.36. The summed E-state index contributed by atoms with van der Waals surface area (Å²) in [5.41, 5.74) is 3.46. The van der Waals surface area contributed by atoms with Gasteiger partial charge in [-0.25, -0.2) is 0 Å². The minimum atomic E-state index is 0.403. The van der Waals surface area contributed by atoms with E-state index in [1.54, 1.807) is 5.56 Å². The van der Waals surface area contributed by atoms with E-state index in [0.29, 0.717) is 5.41 Å². The van der Waals surface area contributed by atoms with Crippen LogP contribution in [0, 0.1) is 18.8 Å². The Morgan fingerprint density at radius 2 is 1.95 bits per heavy atom. The first kappa shape index (κ1) is 15.6. The molecule has 1 heteroatoms. The van der Waals surface area contributed by atoms with Gasteiger partial charge in [0.05, 0.1) is 0 Å². The number of rotatable bonds is 7. The second-order valence-corrected chi connectivity index (χ2v) is 7.18. The second-order valence-electron chi connectivity index (χ2n) is 7.18. The molecule has 112 valence electrons. The van der Waals surface area contributed by atoms with E-state index < -0.39 is 0 Å². The molecule has 1 aromatic rings. The predicted octanol–water partition coefficient (Wildman–Crippen LogP) is 4.69. The molecule has 1 aromatic carbocycles. The van der Waals surface area contributed by atoms with Gasteiger partial charge < -0.3 is 5.32 Å². The van der Waals surface area contributed by atoms with Crippen LogP contribution in [0.2, 0.25) is 0 Å². The van der Waals surface area contributed by atoms with Crippen LogP contribution in [0.15, 0.2) is 24.3 Å². The summed E-state index contributed by atoms with van der Waals surface area (Å²) < 4.78 is 0. The maximum absolute atomic E-state index is 3.72. The fourth-order valence-electron chi connectivity index (χ4n) is 3.89. The van der Waals surface area contributed by atoms with Gasteiger partial charge in [-0.05, 0) is 49.3 Å². The molecule has 2 rings (SSSR count). The van der Waals surface area contributed by atoms with Crippen molar-refractivity contribution in [1.29, 1.82) is 0 Å². The van der Waals surface area contributed by atoms with E-state index in [1.807, 2.05) is 0 Å². The van der Waals surface area contributed by atoms with Crippen molar-refractivity contribution in [2.75, 3.05) is 13.1 Å². The van der Waals surface area contributed by atoms with Gasteiger partial charge in [-0.15, -0.1) is 0 Å². The highest BCUT2D eigenvalue weighted by atomic mass is 14.9. The third-order valence-electron chi connectivity index (χ3n) is 4.79. The van der Waals surface area contributed by atoms with Gasteiger partial charge in [-0.2, -0.15) is 0 Å². The zero-order chi connectivity index (χ0) is 14.6. The van der Waals surface area contributed by atoms with Crippen molar-refractivity contribution in [3.63, 3.8) is 0 Å². The molecule has 0 radical (unpaired) electrons. The Bertz CT molecular complexity index is 416. The van der Waals surface area contributed by atoms with E-state index in [1.165, 1.54) is 31.2 Å². The third kappa shape index (κ3) is 3.44. The summed E-state index contributed by atoms with van der Waals surface area (Å²) in [6.07, 6.45) is 5.47. The molecule has 1 aliphatic rings. The van der Waals surface area contributed by atoms with Crippen LogP contribution in [0.25, 0.3) is 0 Å². The summed E-state index contributed by atoms with van der Waals surface area (Å²) >= 11 is 0.